The number of pyridine rings is 1. The van der Waals surface area contributed by atoms with Gasteiger partial charge in [-0.1, -0.05) is 25.4 Å². The zero-order valence-corrected chi connectivity index (χ0v) is 15.3. The molecule has 1 aromatic carbocycles. The van der Waals surface area contributed by atoms with Crippen molar-refractivity contribution in [3.63, 3.8) is 0 Å². The molecule has 0 radical (unpaired) electrons. The van der Waals surface area contributed by atoms with Crippen LogP contribution >= 0.6 is 11.6 Å². The van der Waals surface area contributed by atoms with Crippen LogP contribution in [-0.4, -0.2) is 34.0 Å². The molecule has 2 N–H and O–H groups in total. The van der Waals surface area contributed by atoms with Crippen molar-refractivity contribution >= 4 is 17.6 Å². The quantitative estimate of drug-likeness (QED) is 0.836. The lowest BCUT2D eigenvalue weighted by Crippen LogP contribution is -2.28. The number of halogens is 1. The summed E-state index contributed by atoms with van der Waals surface area (Å²) in [5, 5.41) is 18.6. The Hall–Kier alpha value is -2.31. The van der Waals surface area contributed by atoms with Crippen molar-refractivity contribution in [2.24, 2.45) is 5.92 Å². The molecule has 1 aromatic heterocycles. The second-order valence-electron chi connectivity index (χ2n) is 6.68. The molecule has 0 amide bonds. The molecule has 0 spiro atoms. The minimum atomic E-state index is -1.24. The second kappa shape index (κ2) is 7.13. The van der Waals surface area contributed by atoms with E-state index in [1.54, 1.807) is 6.07 Å². The molecule has 2 aromatic rings. The van der Waals surface area contributed by atoms with Crippen LogP contribution in [0.3, 0.4) is 0 Å². The van der Waals surface area contributed by atoms with Crippen LogP contribution in [-0.2, 0) is 6.42 Å². The normalized spacial score (nSPS) is 15.5. The molecule has 1 aliphatic rings. The van der Waals surface area contributed by atoms with Gasteiger partial charge in [0.1, 0.15) is 17.9 Å². The maximum absolute atomic E-state index is 12.2. The van der Waals surface area contributed by atoms with Crippen LogP contribution in [0.2, 0.25) is 5.02 Å². The van der Waals surface area contributed by atoms with Gasteiger partial charge < -0.3 is 19.5 Å². The van der Waals surface area contributed by atoms with Crippen LogP contribution in [0, 0.1) is 5.92 Å². The van der Waals surface area contributed by atoms with E-state index in [2.05, 4.69) is 0 Å². The van der Waals surface area contributed by atoms with Gasteiger partial charge in [-0.25, -0.2) is 4.79 Å². The summed E-state index contributed by atoms with van der Waals surface area (Å²) in [5.74, 6) is -0.465. The fraction of sp³-hybridized carbons (Fsp3) is 0.368. The van der Waals surface area contributed by atoms with Crippen molar-refractivity contribution < 1.29 is 19.7 Å². The molecule has 138 valence electrons. The number of hydrogen-bond donors (Lipinski definition) is 2. The fourth-order valence-electron chi connectivity index (χ4n) is 3.40. The Morgan fingerprint density at radius 1 is 1.38 bits per heavy atom. The SMILES string of the molecule is CC(C)C1Cc2cc(OCCO)cc(Cl)c2-c2cc(=O)c(C(=O)O)cn21. The maximum Gasteiger partial charge on any atom is 0.341 e. The van der Waals surface area contributed by atoms with Gasteiger partial charge in [-0.05, 0) is 30.0 Å². The third-order valence-electron chi connectivity index (χ3n) is 4.63. The highest BCUT2D eigenvalue weighted by molar-refractivity contribution is 6.33. The number of fused-ring (bicyclic) bond motifs is 3. The molecule has 1 unspecified atom stereocenters. The summed E-state index contributed by atoms with van der Waals surface area (Å²) in [6, 6.07) is 4.84. The van der Waals surface area contributed by atoms with Crippen molar-refractivity contribution in [3.8, 4) is 17.0 Å². The van der Waals surface area contributed by atoms with Crippen molar-refractivity contribution in [1.82, 2.24) is 4.57 Å². The number of carboxylic acids is 1. The lowest BCUT2D eigenvalue weighted by molar-refractivity contribution is 0.0694. The highest BCUT2D eigenvalue weighted by atomic mass is 35.5. The Bertz CT molecular complexity index is 919. The number of aliphatic hydroxyl groups is 1. The molecule has 2 heterocycles. The van der Waals surface area contributed by atoms with Gasteiger partial charge in [-0.15, -0.1) is 0 Å². The van der Waals surface area contributed by atoms with Crippen LogP contribution < -0.4 is 10.2 Å². The van der Waals surface area contributed by atoms with Crippen molar-refractivity contribution in [3.05, 3.63) is 50.8 Å². The monoisotopic (exact) mass is 377 g/mol. The number of carboxylic acid groups (broad SMARTS) is 1. The van der Waals surface area contributed by atoms with Crippen LogP contribution in [0.4, 0.5) is 0 Å². The van der Waals surface area contributed by atoms with E-state index >= 15 is 0 Å². The highest BCUT2D eigenvalue weighted by Gasteiger charge is 2.29. The van der Waals surface area contributed by atoms with E-state index in [1.165, 1.54) is 12.3 Å². The molecular weight excluding hydrogens is 358 g/mol. The predicted molar refractivity (Wildman–Crippen MR) is 98.3 cm³/mol. The van der Waals surface area contributed by atoms with Crippen molar-refractivity contribution in [2.45, 2.75) is 26.3 Å². The van der Waals surface area contributed by atoms with Gasteiger partial charge in [0.05, 0.1) is 17.3 Å². The van der Waals surface area contributed by atoms with E-state index in [0.29, 0.717) is 28.5 Å². The Morgan fingerprint density at radius 3 is 2.73 bits per heavy atom. The first-order chi connectivity index (χ1) is 12.3. The van der Waals surface area contributed by atoms with E-state index in [-0.39, 0.29) is 30.7 Å². The molecule has 3 rings (SSSR count). The Balaban J connectivity index is 2.22. The van der Waals surface area contributed by atoms with E-state index in [4.69, 9.17) is 21.4 Å². The summed E-state index contributed by atoms with van der Waals surface area (Å²) in [6.07, 6.45) is 2.05. The summed E-state index contributed by atoms with van der Waals surface area (Å²) in [4.78, 5) is 23.6. The number of carbonyl (C=O) groups is 1. The van der Waals surface area contributed by atoms with Crippen LogP contribution in [0.5, 0.6) is 5.75 Å². The summed E-state index contributed by atoms with van der Waals surface area (Å²) in [6.45, 7) is 4.16. The molecule has 1 atom stereocenters. The lowest BCUT2D eigenvalue weighted by Gasteiger charge is -2.34. The molecule has 0 bridgehead atoms. The Morgan fingerprint density at radius 2 is 2.12 bits per heavy atom. The van der Waals surface area contributed by atoms with E-state index in [9.17, 15) is 14.7 Å². The number of rotatable bonds is 5. The third kappa shape index (κ3) is 3.22. The van der Waals surface area contributed by atoms with Gasteiger partial charge in [0.2, 0.25) is 0 Å². The van der Waals surface area contributed by atoms with Gasteiger partial charge in [0.15, 0.2) is 5.43 Å². The molecule has 0 saturated carbocycles. The molecule has 7 heteroatoms. The minimum absolute atomic E-state index is 0.0136. The minimum Gasteiger partial charge on any atom is -0.491 e. The number of aliphatic hydroxyl groups excluding tert-OH is 1. The topological polar surface area (TPSA) is 88.8 Å². The smallest absolute Gasteiger partial charge is 0.341 e. The largest absolute Gasteiger partial charge is 0.491 e. The summed E-state index contributed by atoms with van der Waals surface area (Å²) in [7, 11) is 0. The van der Waals surface area contributed by atoms with Gasteiger partial charge in [0.25, 0.3) is 0 Å². The Labute approximate surface area is 155 Å². The maximum atomic E-state index is 12.2. The zero-order chi connectivity index (χ0) is 19.0. The number of hydrogen-bond acceptors (Lipinski definition) is 4. The second-order valence-corrected chi connectivity index (χ2v) is 7.08. The van der Waals surface area contributed by atoms with Gasteiger partial charge in [-0.3, -0.25) is 4.79 Å². The number of benzene rings is 1. The predicted octanol–water partition coefficient (Wildman–Crippen LogP) is 2.99. The van der Waals surface area contributed by atoms with Crippen molar-refractivity contribution in [2.75, 3.05) is 13.2 Å². The summed E-state index contributed by atoms with van der Waals surface area (Å²) in [5.41, 5.74) is 1.47. The fourth-order valence-corrected chi connectivity index (χ4v) is 3.72. The van der Waals surface area contributed by atoms with Gasteiger partial charge in [0, 0.05) is 23.9 Å². The highest BCUT2D eigenvalue weighted by Crippen LogP contribution is 2.42. The van der Waals surface area contributed by atoms with E-state index in [0.717, 1.165) is 5.56 Å². The van der Waals surface area contributed by atoms with Crippen LogP contribution in [0.15, 0.2) is 29.2 Å². The molecule has 1 aliphatic heterocycles. The zero-order valence-electron chi connectivity index (χ0n) is 14.5. The van der Waals surface area contributed by atoms with Gasteiger partial charge >= 0.3 is 5.97 Å². The van der Waals surface area contributed by atoms with Gasteiger partial charge in [-0.2, -0.15) is 0 Å². The first kappa shape index (κ1) is 18.5. The molecule has 26 heavy (non-hydrogen) atoms. The summed E-state index contributed by atoms with van der Waals surface area (Å²) < 4.78 is 7.32. The van der Waals surface area contributed by atoms with E-state index in [1.807, 2.05) is 24.5 Å². The number of nitrogens with zero attached hydrogens (tertiary/aromatic N) is 1. The lowest BCUT2D eigenvalue weighted by atomic mass is 9.87. The van der Waals surface area contributed by atoms with Crippen molar-refractivity contribution in [1.29, 1.82) is 0 Å². The molecule has 0 fully saturated rings. The van der Waals surface area contributed by atoms with Crippen LogP contribution in [0.1, 0.15) is 35.8 Å². The first-order valence-electron chi connectivity index (χ1n) is 8.39. The summed E-state index contributed by atoms with van der Waals surface area (Å²) >= 11 is 6.46. The van der Waals surface area contributed by atoms with E-state index < -0.39 is 11.4 Å². The number of aromatic nitrogens is 1. The molecule has 0 aliphatic carbocycles. The standard InChI is InChI=1S/C19H20ClNO5/c1-10(2)15-6-11-5-12(26-4-3-22)7-14(20)18(11)16-8-17(23)13(19(24)25)9-21(15)16/h5,7-10,15,22H,3-4,6H2,1-2H3,(H,24,25). The average molecular weight is 378 g/mol. The molecule has 6 nitrogen and oxygen atoms in total. The first-order valence-corrected chi connectivity index (χ1v) is 8.77. The molecule has 0 saturated heterocycles. The average Bonchev–Trinajstić information content (AvgIpc) is 2.57. The van der Waals surface area contributed by atoms with Crippen LogP contribution in [0.25, 0.3) is 11.3 Å². The Kier molecular flexibility index (Phi) is 5.07. The third-order valence-corrected chi connectivity index (χ3v) is 4.93. The molecular formula is C19H20ClNO5. The number of ether oxygens (including phenoxy) is 1. The number of aromatic carboxylic acids is 1.